The highest BCUT2D eigenvalue weighted by Crippen LogP contribution is 2.41. The number of aromatic hydroxyl groups is 2. The van der Waals surface area contributed by atoms with Crippen LogP contribution in [0.4, 0.5) is 39.8 Å². The maximum Gasteiger partial charge on any atom is 0.397 e. The van der Waals surface area contributed by atoms with E-state index in [0.717, 1.165) is 36.0 Å². The second-order valence-corrected chi connectivity index (χ2v) is 21.1. The number of benzene rings is 6. The van der Waals surface area contributed by atoms with Gasteiger partial charge in [0.15, 0.2) is 0 Å². The summed E-state index contributed by atoms with van der Waals surface area (Å²) in [6.07, 6.45) is 0. The van der Waals surface area contributed by atoms with Crippen molar-refractivity contribution in [3.63, 3.8) is 0 Å². The SMILES string of the molecule is Nc1c(S(=O)(=O)O)cc2cc(S(=O)(=O)O)cc(N)c2c1O.Nc1ccc(N)c(C(=O)O)c1.Nc1ccc(SCCOS(=O)(=O)O)cc1S(=O)(=O)O.Nc1ccc2cc(S(=O)(=O)O)c(N)c(O)c2c1. The molecule has 370 valence electrons. The maximum absolute atomic E-state index is 11.2. The Balaban J connectivity index is 0.000000245. The van der Waals surface area contributed by atoms with Gasteiger partial charge >= 0.3 is 16.4 Å². The van der Waals surface area contributed by atoms with Gasteiger partial charge in [0.05, 0.1) is 34.1 Å². The van der Waals surface area contributed by atoms with Gasteiger partial charge in [-0.05, 0) is 83.6 Å². The lowest BCUT2D eigenvalue weighted by Crippen LogP contribution is -2.06. The second-order valence-electron chi connectivity index (χ2n) is 13.2. The zero-order valence-electron chi connectivity index (χ0n) is 33.9. The summed E-state index contributed by atoms with van der Waals surface area (Å²) in [5.74, 6) is -2.05. The van der Waals surface area contributed by atoms with Gasteiger partial charge in [-0.2, -0.15) is 42.1 Å². The number of rotatable bonds is 10. The van der Waals surface area contributed by atoms with E-state index in [9.17, 15) is 57.1 Å². The molecule has 0 aliphatic carbocycles. The first-order valence-corrected chi connectivity index (χ1v) is 25.6. The fourth-order valence-corrected chi connectivity index (χ4v) is 9.10. The third kappa shape index (κ3) is 14.9. The highest BCUT2D eigenvalue weighted by atomic mass is 32.3. The molecule has 0 heterocycles. The van der Waals surface area contributed by atoms with Crippen LogP contribution in [0.25, 0.3) is 21.5 Å². The smallest absolute Gasteiger partial charge is 0.397 e. The van der Waals surface area contributed by atoms with E-state index in [4.69, 9.17) is 68.0 Å². The molecule has 0 saturated carbocycles. The van der Waals surface area contributed by atoms with E-state index in [2.05, 4.69) is 4.18 Å². The number of hydrogen-bond donors (Lipinski definition) is 15. The van der Waals surface area contributed by atoms with Crippen LogP contribution in [0.15, 0.2) is 103 Å². The fraction of sp³-hybridized carbons (Fsp3) is 0.0571. The predicted octanol–water partition coefficient (Wildman–Crippen LogP) is 2.14. The van der Waals surface area contributed by atoms with Crippen LogP contribution in [0.5, 0.6) is 11.5 Å². The van der Waals surface area contributed by atoms with Crippen molar-refractivity contribution in [2.45, 2.75) is 24.5 Å². The average molecular weight is 1070 g/mol. The molecule has 0 aliphatic heterocycles. The van der Waals surface area contributed by atoms with Gasteiger partial charge in [-0.25, -0.2) is 8.98 Å². The zero-order valence-corrected chi connectivity index (χ0v) is 38.8. The van der Waals surface area contributed by atoms with E-state index in [1.165, 1.54) is 42.5 Å². The van der Waals surface area contributed by atoms with Crippen molar-refractivity contribution in [1.29, 1.82) is 0 Å². The van der Waals surface area contributed by atoms with Crippen LogP contribution in [-0.2, 0) is 55.1 Å². The number of phenolic OH excluding ortho intramolecular Hbond substituents is 2. The van der Waals surface area contributed by atoms with Gasteiger partial charge in [-0.3, -0.25) is 22.8 Å². The molecule has 6 aromatic carbocycles. The monoisotopic (exact) mass is 1070 g/mol. The van der Waals surface area contributed by atoms with Crippen molar-refractivity contribution in [3.05, 3.63) is 84.4 Å². The van der Waals surface area contributed by atoms with Crippen LogP contribution in [0.2, 0.25) is 0 Å². The Morgan fingerprint density at radius 2 is 1.03 bits per heavy atom. The lowest BCUT2D eigenvalue weighted by atomic mass is 10.1. The number of nitrogen functional groups attached to an aromatic ring is 7. The maximum atomic E-state index is 11.2. The van der Waals surface area contributed by atoms with Crippen molar-refractivity contribution in [2.75, 3.05) is 52.5 Å². The lowest BCUT2D eigenvalue weighted by Gasteiger charge is -2.11. The van der Waals surface area contributed by atoms with E-state index < -0.39 is 99.3 Å². The number of anilines is 7. The zero-order chi connectivity index (χ0) is 52.1. The minimum Gasteiger partial charge on any atom is -0.505 e. The Kier molecular flexibility index (Phi) is 17.3. The Hall–Kier alpha value is -6.63. The Morgan fingerprint density at radius 1 is 0.529 bits per heavy atom. The molecule has 0 radical (unpaired) electrons. The van der Waals surface area contributed by atoms with Crippen molar-refractivity contribution in [1.82, 2.24) is 0 Å². The first-order valence-electron chi connectivity index (χ1n) is 17.5. The number of phenols is 2. The molecule has 0 spiro atoms. The van der Waals surface area contributed by atoms with E-state index in [0.29, 0.717) is 27.0 Å². The molecule has 33 heteroatoms. The summed E-state index contributed by atoms with van der Waals surface area (Å²) < 4.78 is 158. The quantitative estimate of drug-likeness (QED) is 0.0307. The number of carboxylic acid groups (broad SMARTS) is 1. The van der Waals surface area contributed by atoms with Crippen LogP contribution in [0.3, 0.4) is 0 Å². The summed E-state index contributed by atoms with van der Waals surface area (Å²) in [6, 6.07) is 16.6. The molecule has 22 N–H and O–H groups in total. The molecule has 0 bridgehead atoms. The minimum atomic E-state index is -4.75. The van der Waals surface area contributed by atoms with Gasteiger partial charge in [0.2, 0.25) is 0 Å². The predicted molar refractivity (Wildman–Crippen MR) is 249 cm³/mol. The Bertz CT molecular complexity index is 3530. The van der Waals surface area contributed by atoms with Gasteiger partial charge in [0.1, 0.15) is 26.2 Å². The first kappa shape index (κ1) is 55.7. The highest BCUT2D eigenvalue weighted by Gasteiger charge is 2.23. The van der Waals surface area contributed by atoms with E-state index >= 15 is 0 Å². The number of thioether (sulfide) groups is 1. The number of fused-ring (bicyclic) bond motifs is 2. The summed E-state index contributed by atoms with van der Waals surface area (Å²) in [4.78, 5) is 8.53. The summed E-state index contributed by atoms with van der Waals surface area (Å²) in [5.41, 5.74) is 37.8. The summed E-state index contributed by atoms with van der Waals surface area (Å²) in [5, 5.41) is 28.7. The third-order valence-electron chi connectivity index (χ3n) is 8.37. The summed E-state index contributed by atoms with van der Waals surface area (Å²) >= 11 is 1.07. The molecule has 68 heavy (non-hydrogen) atoms. The van der Waals surface area contributed by atoms with Crippen molar-refractivity contribution in [3.8, 4) is 11.5 Å². The van der Waals surface area contributed by atoms with Gasteiger partial charge in [-0.1, -0.05) is 6.07 Å². The number of aromatic carboxylic acids is 1. The van der Waals surface area contributed by atoms with Gasteiger partial charge < -0.3 is 55.5 Å². The number of nitrogens with two attached hydrogens (primary N) is 7. The van der Waals surface area contributed by atoms with E-state index in [1.54, 1.807) is 12.1 Å². The normalized spacial score (nSPS) is 11.9. The molecule has 27 nitrogen and oxygen atoms in total. The first-order chi connectivity index (χ1) is 30.9. The Morgan fingerprint density at radius 3 is 1.53 bits per heavy atom. The van der Waals surface area contributed by atoms with Crippen LogP contribution in [0.1, 0.15) is 10.4 Å². The molecule has 0 amide bonds. The molecule has 0 unspecified atom stereocenters. The molecule has 0 saturated heterocycles. The van der Waals surface area contributed by atoms with E-state index in [1.807, 2.05) is 0 Å². The molecule has 6 aromatic rings. The van der Waals surface area contributed by atoms with Gasteiger partial charge in [-0.15, -0.1) is 11.8 Å². The largest absolute Gasteiger partial charge is 0.505 e. The molecule has 0 aliphatic rings. The van der Waals surface area contributed by atoms with Crippen molar-refractivity contribution < 1.29 is 89.1 Å². The second kappa shape index (κ2) is 21.1. The van der Waals surface area contributed by atoms with Gasteiger partial charge in [0, 0.05) is 44.2 Å². The lowest BCUT2D eigenvalue weighted by molar-refractivity contribution is 0.0697. The number of carboxylic acids is 1. The van der Waals surface area contributed by atoms with Crippen LogP contribution in [-0.4, -0.2) is 98.5 Å². The summed E-state index contributed by atoms with van der Waals surface area (Å²) in [7, 11) is -22.7. The molecule has 0 aromatic heterocycles. The standard InChI is InChI=1S/C10H10N2O7S2.C10H10N2O4S.C8H11NO7S3.C7H8N2O2/c11-6-3-5(20(14,15)16)1-4-2-7(21(17,18)19)9(12)10(13)8(4)6;11-6-2-1-5-3-8(17(14,15)16)9(12)10(13)7(5)4-6;9-7-2-1-6(5-8(7)18(10,11)12)17-4-3-16-19(13,14)15;8-4-1-2-6(9)5(3-4)7(10)11/h1-3,13H,11-12H2,(H,14,15,16)(H,17,18,19);1-4,13H,11-12H2,(H,14,15,16);1-2,5H,3-4,9H2,(H,10,11,12)(H,13,14,15);1-3H,8-9H2,(H,10,11). The molecule has 0 atom stereocenters. The fourth-order valence-electron chi connectivity index (χ4n) is 5.36. The molecule has 0 fully saturated rings. The number of hydrogen-bond acceptors (Lipinski definition) is 22. The van der Waals surface area contributed by atoms with Crippen LogP contribution in [0, 0.1) is 0 Å². The minimum absolute atomic E-state index is 0.0463. The molecule has 6 rings (SSSR count). The highest BCUT2D eigenvalue weighted by molar-refractivity contribution is 7.99. The number of carbonyl (C=O) groups is 1. The molecular formula is C35H39N7O20S6. The van der Waals surface area contributed by atoms with Crippen molar-refractivity contribution in [2.24, 2.45) is 0 Å². The van der Waals surface area contributed by atoms with Crippen LogP contribution >= 0.6 is 11.8 Å². The topological polar surface area (TPSA) is 541 Å². The van der Waals surface area contributed by atoms with Crippen LogP contribution < -0.4 is 40.1 Å². The third-order valence-corrected chi connectivity index (χ3v) is 13.3. The van der Waals surface area contributed by atoms with Gasteiger partial charge in [0.25, 0.3) is 40.5 Å². The molecular weight excluding hydrogens is 1030 g/mol. The average Bonchev–Trinajstić information content (AvgIpc) is 3.19. The Labute approximate surface area is 390 Å². The van der Waals surface area contributed by atoms with Crippen molar-refractivity contribution >= 4 is 130 Å². The summed E-state index contributed by atoms with van der Waals surface area (Å²) in [6.45, 7) is -0.283. The van der Waals surface area contributed by atoms with E-state index in [-0.39, 0.29) is 45.8 Å².